The topological polar surface area (TPSA) is 64.6 Å². The zero-order valence-corrected chi connectivity index (χ0v) is 13.8. The minimum absolute atomic E-state index is 0.144. The van der Waals surface area contributed by atoms with Gasteiger partial charge < -0.3 is 14.8 Å². The number of esters is 1. The van der Waals surface area contributed by atoms with Gasteiger partial charge in [-0.15, -0.1) is 0 Å². The zero-order chi connectivity index (χ0) is 16.7. The van der Waals surface area contributed by atoms with E-state index in [4.69, 9.17) is 9.47 Å². The van der Waals surface area contributed by atoms with Gasteiger partial charge >= 0.3 is 5.97 Å². The molecule has 1 fully saturated rings. The summed E-state index contributed by atoms with van der Waals surface area (Å²) in [6.45, 7) is 1.62. The Morgan fingerprint density at radius 2 is 1.83 bits per heavy atom. The molecule has 0 aromatic heterocycles. The summed E-state index contributed by atoms with van der Waals surface area (Å²) < 4.78 is 10.3. The SMILES string of the molecule is COc1ccc(CC(=O)O[C@@H](C)C(=O)NC2CCCCC2)cc1. The first-order valence-electron chi connectivity index (χ1n) is 8.21. The minimum Gasteiger partial charge on any atom is -0.497 e. The molecule has 0 bridgehead atoms. The maximum Gasteiger partial charge on any atom is 0.311 e. The maximum absolute atomic E-state index is 12.1. The van der Waals surface area contributed by atoms with Crippen LogP contribution < -0.4 is 10.1 Å². The molecule has 0 saturated heterocycles. The molecular formula is C18H25NO4. The van der Waals surface area contributed by atoms with Gasteiger partial charge in [0.05, 0.1) is 13.5 Å². The predicted molar refractivity (Wildman–Crippen MR) is 87.3 cm³/mol. The highest BCUT2D eigenvalue weighted by Crippen LogP contribution is 2.17. The van der Waals surface area contributed by atoms with Crippen LogP contribution >= 0.6 is 0 Å². The Kier molecular flexibility index (Phi) is 6.44. The second-order valence-corrected chi connectivity index (χ2v) is 6.00. The summed E-state index contributed by atoms with van der Waals surface area (Å²) in [5, 5.41) is 2.97. The third kappa shape index (κ3) is 5.58. The molecule has 1 aromatic carbocycles. The van der Waals surface area contributed by atoms with Gasteiger partial charge in [0.1, 0.15) is 5.75 Å². The number of carbonyl (C=O) groups excluding carboxylic acids is 2. The lowest BCUT2D eigenvalue weighted by Crippen LogP contribution is -2.42. The lowest BCUT2D eigenvalue weighted by atomic mass is 9.95. The molecule has 5 nitrogen and oxygen atoms in total. The fourth-order valence-corrected chi connectivity index (χ4v) is 2.77. The zero-order valence-electron chi connectivity index (χ0n) is 13.8. The number of hydrogen-bond acceptors (Lipinski definition) is 4. The van der Waals surface area contributed by atoms with Crippen molar-refractivity contribution in [3.8, 4) is 5.75 Å². The van der Waals surface area contributed by atoms with Crippen molar-refractivity contribution in [2.45, 2.75) is 57.6 Å². The van der Waals surface area contributed by atoms with Crippen LogP contribution in [0, 0.1) is 0 Å². The molecule has 0 heterocycles. The predicted octanol–water partition coefficient (Wildman–Crippen LogP) is 2.62. The average Bonchev–Trinajstić information content (AvgIpc) is 2.56. The van der Waals surface area contributed by atoms with Crippen molar-refractivity contribution in [2.75, 3.05) is 7.11 Å². The van der Waals surface area contributed by atoms with Crippen molar-refractivity contribution in [1.82, 2.24) is 5.32 Å². The standard InChI is InChI=1S/C18H25NO4/c1-13(18(21)19-15-6-4-3-5-7-15)23-17(20)12-14-8-10-16(22-2)11-9-14/h8-11,13,15H,3-7,12H2,1-2H3,(H,19,21)/t13-/m0/s1. The molecule has 2 rings (SSSR count). The van der Waals surface area contributed by atoms with Gasteiger partial charge in [-0.2, -0.15) is 0 Å². The first kappa shape index (κ1) is 17.3. The van der Waals surface area contributed by atoms with E-state index >= 15 is 0 Å². The van der Waals surface area contributed by atoms with Crippen LogP contribution in [0.15, 0.2) is 24.3 Å². The molecule has 23 heavy (non-hydrogen) atoms. The number of carbonyl (C=O) groups is 2. The van der Waals surface area contributed by atoms with E-state index in [9.17, 15) is 9.59 Å². The highest BCUT2D eigenvalue weighted by atomic mass is 16.5. The van der Waals surface area contributed by atoms with E-state index in [1.54, 1.807) is 26.2 Å². The molecule has 0 aliphatic heterocycles. The molecule has 1 amide bonds. The summed E-state index contributed by atoms with van der Waals surface area (Å²) in [6, 6.07) is 7.43. The van der Waals surface area contributed by atoms with Crippen LogP contribution in [-0.2, 0) is 20.7 Å². The molecule has 1 aromatic rings. The van der Waals surface area contributed by atoms with Crippen LogP contribution in [0.3, 0.4) is 0 Å². The quantitative estimate of drug-likeness (QED) is 0.819. The highest BCUT2D eigenvalue weighted by Gasteiger charge is 2.22. The first-order chi connectivity index (χ1) is 11.1. The van der Waals surface area contributed by atoms with Crippen molar-refractivity contribution in [2.24, 2.45) is 0 Å². The van der Waals surface area contributed by atoms with Gasteiger partial charge in [0.2, 0.25) is 0 Å². The van der Waals surface area contributed by atoms with E-state index in [2.05, 4.69) is 5.32 Å². The molecular weight excluding hydrogens is 294 g/mol. The summed E-state index contributed by atoms with van der Waals surface area (Å²) in [5.74, 6) is 0.129. The summed E-state index contributed by atoms with van der Waals surface area (Å²) in [5.41, 5.74) is 0.829. The number of rotatable bonds is 6. The fraction of sp³-hybridized carbons (Fsp3) is 0.556. The van der Waals surface area contributed by atoms with Crippen molar-refractivity contribution in [3.63, 3.8) is 0 Å². The van der Waals surface area contributed by atoms with E-state index in [1.807, 2.05) is 12.1 Å². The fourth-order valence-electron chi connectivity index (χ4n) is 2.77. The Bertz CT molecular complexity index is 520. The normalized spacial score (nSPS) is 16.4. The maximum atomic E-state index is 12.1. The molecule has 1 aliphatic rings. The van der Waals surface area contributed by atoms with Crippen LogP contribution in [0.5, 0.6) is 5.75 Å². The molecule has 1 atom stereocenters. The summed E-state index contributed by atoms with van der Waals surface area (Å²) in [4.78, 5) is 24.0. The second kappa shape index (κ2) is 8.56. The number of hydrogen-bond donors (Lipinski definition) is 1. The molecule has 126 valence electrons. The molecule has 0 unspecified atom stereocenters. The Morgan fingerprint density at radius 3 is 2.43 bits per heavy atom. The van der Waals surface area contributed by atoms with E-state index in [1.165, 1.54) is 6.42 Å². The highest BCUT2D eigenvalue weighted by molar-refractivity contribution is 5.84. The summed E-state index contributed by atoms with van der Waals surface area (Å²) >= 11 is 0. The van der Waals surface area contributed by atoms with Crippen molar-refractivity contribution >= 4 is 11.9 Å². The monoisotopic (exact) mass is 319 g/mol. The van der Waals surface area contributed by atoms with Gasteiger partial charge in [-0.25, -0.2) is 0 Å². The van der Waals surface area contributed by atoms with Crippen LogP contribution in [0.4, 0.5) is 0 Å². The Morgan fingerprint density at radius 1 is 1.17 bits per heavy atom. The number of amides is 1. The molecule has 5 heteroatoms. The van der Waals surface area contributed by atoms with E-state index < -0.39 is 12.1 Å². The van der Waals surface area contributed by atoms with Crippen LogP contribution in [-0.4, -0.2) is 31.1 Å². The van der Waals surface area contributed by atoms with Crippen LogP contribution in [0.25, 0.3) is 0 Å². The van der Waals surface area contributed by atoms with Crippen molar-refractivity contribution < 1.29 is 19.1 Å². The summed E-state index contributed by atoms with van der Waals surface area (Å²) in [7, 11) is 1.59. The van der Waals surface area contributed by atoms with Gasteiger partial charge in [-0.1, -0.05) is 31.4 Å². The summed E-state index contributed by atoms with van der Waals surface area (Å²) in [6.07, 6.45) is 4.94. The molecule has 0 radical (unpaired) electrons. The minimum atomic E-state index is -0.761. The smallest absolute Gasteiger partial charge is 0.311 e. The number of methoxy groups -OCH3 is 1. The van der Waals surface area contributed by atoms with Crippen LogP contribution in [0.1, 0.15) is 44.6 Å². The number of nitrogens with one attached hydrogen (secondary N) is 1. The Balaban J connectivity index is 1.77. The van der Waals surface area contributed by atoms with Gasteiger partial charge in [-0.05, 0) is 37.5 Å². The van der Waals surface area contributed by atoms with Crippen molar-refractivity contribution in [1.29, 1.82) is 0 Å². The first-order valence-corrected chi connectivity index (χ1v) is 8.21. The van der Waals surface area contributed by atoms with Crippen LogP contribution in [0.2, 0.25) is 0 Å². The number of benzene rings is 1. The molecule has 1 N–H and O–H groups in total. The Labute approximate surface area is 137 Å². The van der Waals surface area contributed by atoms with Gasteiger partial charge in [0, 0.05) is 6.04 Å². The lowest BCUT2D eigenvalue weighted by Gasteiger charge is -2.24. The molecule has 1 aliphatic carbocycles. The Hall–Kier alpha value is -2.04. The van der Waals surface area contributed by atoms with Gasteiger partial charge in [0.15, 0.2) is 6.10 Å². The average molecular weight is 319 g/mol. The third-order valence-electron chi connectivity index (χ3n) is 4.14. The van der Waals surface area contributed by atoms with E-state index in [0.717, 1.165) is 37.0 Å². The van der Waals surface area contributed by atoms with Gasteiger partial charge in [0.25, 0.3) is 5.91 Å². The van der Waals surface area contributed by atoms with Gasteiger partial charge in [-0.3, -0.25) is 9.59 Å². The van der Waals surface area contributed by atoms with E-state index in [0.29, 0.717) is 0 Å². The largest absolute Gasteiger partial charge is 0.497 e. The van der Waals surface area contributed by atoms with E-state index in [-0.39, 0.29) is 18.4 Å². The lowest BCUT2D eigenvalue weighted by molar-refractivity contribution is -0.154. The molecule has 1 saturated carbocycles. The second-order valence-electron chi connectivity index (χ2n) is 6.00. The molecule has 0 spiro atoms. The third-order valence-corrected chi connectivity index (χ3v) is 4.14. The number of ether oxygens (including phenoxy) is 2. The van der Waals surface area contributed by atoms with Crippen molar-refractivity contribution in [3.05, 3.63) is 29.8 Å².